The van der Waals surface area contributed by atoms with Gasteiger partial charge in [0, 0.05) is 34.6 Å². The molecule has 11 heteroatoms. The highest BCUT2D eigenvalue weighted by molar-refractivity contribution is 7.92. The molecule has 0 spiro atoms. The van der Waals surface area contributed by atoms with Crippen LogP contribution < -0.4 is 14.4 Å². The van der Waals surface area contributed by atoms with Crippen molar-refractivity contribution in [2.75, 3.05) is 18.0 Å². The highest BCUT2D eigenvalue weighted by Gasteiger charge is 2.36. The predicted molar refractivity (Wildman–Crippen MR) is 183 cm³/mol. The zero-order valence-electron chi connectivity index (χ0n) is 25.9. The van der Waals surface area contributed by atoms with Crippen molar-refractivity contribution in [2.24, 2.45) is 0 Å². The third-order valence-electron chi connectivity index (χ3n) is 7.63. The molecule has 4 rings (SSSR count). The second kappa shape index (κ2) is 16.0. The van der Waals surface area contributed by atoms with Crippen LogP contribution in [0.25, 0.3) is 0 Å². The SMILES string of the molecule is CC[C@@H](C)NC(=O)[C@H](Cc1ccccc1)N(Cc1c(Cl)cccc1Cl)C(=O)CN(c1ccccc1OC)S(=O)(=O)c1ccccc1. The maximum absolute atomic E-state index is 14.6. The lowest BCUT2D eigenvalue weighted by Gasteiger charge is -2.35. The van der Waals surface area contributed by atoms with Crippen LogP contribution >= 0.6 is 23.2 Å². The Morgan fingerprint density at radius 1 is 0.848 bits per heavy atom. The minimum Gasteiger partial charge on any atom is -0.495 e. The fourth-order valence-electron chi connectivity index (χ4n) is 4.92. The maximum atomic E-state index is 14.6. The molecule has 0 heterocycles. The van der Waals surface area contributed by atoms with Gasteiger partial charge in [-0.3, -0.25) is 13.9 Å². The number of anilines is 1. The van der Waals surface area contributed by atoms with Gasteiger partial charge >= 0.3 is 0 Å². The Labute approximate surface area is 280 Å². The van der Waals surface area contributed by atoms with Gasteiger partial charge in [-0.25, -0.2) is 8.42 Å². The first kappa shape index (κ1) is 34.8. The van der Waals surface area contributed by atoms with Crippen molar-refractivity contribution in [1.82, 2.24) is 10.2 Å². The molecule has 8 nitrogen and oxygen atoms in total. The minimum absolute atomic E-state index is 0.00949. The fraction of sp³-hybridized carbons (Fsp3) is 0.257. The maximum Gasteiger partial charge on any atom is 0.264 e. The standard InChI is InChI=1S/C35H37Cl2N3O5S/c1-4-25(2)38-35(42)32(22-26-14-7-5-8-15-26)39(23-28-29(36)18-13-19-30(28)37)34(41)24-40(31-20-11-12-21-33(31)45-3)46(43,44)27-16-9-6-10-17-27/h5-21,25,32H,4,22-24H2,1-3H3,(H,38,42)/t25-,32+/m1/s1. The number of methoxy groups -OCH3 is 1. The molecule has 0 aliphatic rings. The van der Waals surface area contributed by atoms with Crippen LogP contribution in [-0.2, 0) is 32.6 Å². The van der Waals surface area contributed by atoms with E-state index in [-0.39, 0.29) is 41.2 Å². The number of halogens is 2. The lowest BCUT2D eigenvalue weighted by molar-refractivity contribution is -0.140. The van der Waals surface area contributed by atoms with E-state index in [1.54, 1.807) is 60.7 Å². The van der Waals surface area contributed by atoms with Gasteiger partial charge in [-0.15, -0.1) is 0 Å². The van der Waals surface area contributed by atoms with E-state index >= 15 is 0 Å². The summed E-state index contributed by atoms with van der Waals surface area (Å²) in [6.45, 7) is 3.04. The topological polar surface area (TPSA) is 96.0 Å². The van der Waals surface area contributed by atoms with Gasteiger partial charge in [0.2, 0.25) is 11.8 Å². The van der Waals surface area contributed by atoms with Crippen molar-refractivity contribution in [2.45, 2.75) is 50.2 Å². The number of carbonyl (C=O) groups is 2. The molecule has 0 fully saturated rings. The van der Waals surface area contributed by atoms with E-state index in [1.165, 1.54) is 24.1 Å². The molecule has 2 amide bonds. The summed E-state index contributed by atoms with van der Waals surface area (Å²) in [4.78, 5) is 30.0. The molecular weight excluding hydrogens is 645 g/mol. The molecule has 0 unspecified atom stereocenters. The summed E-state index contributed by atoms with van der Waals surface area (Å²) < 4.78 is 34.9. The van der Waals surface area contributed by atoms with E-state index in [0.29, 0.717) is 22.0 Å². The van der Waals surface area contributed by atoms with Gasteiger partial charge in [-0.2, -0.15) is 0 Å². The second-order valence-electron chi connectivity index (χ2n) is 10.7. The van der Waals surface area contributed by atoms with Gasteiger partial charge in [0.05, 0.1) is 17.7 Å². The zero-order valence-corrected chi connectivity index (χ0v) is 28.2. The Hall–Kier alpha value is -4.05. The second-order valence-corrected chi connectivity index (χ2v) is 13.4. The van der Waals surface area contributed by atoms with Gasteiger partial charge in [-0.05, 0) is 55.3 Å². The van der Waals surface area contributed by atoms with Crippen LogP contribution in [0.4, 0.5) is 5.69 Å². The van der Waals surface area contributed by atoms with Gasteiger partial charge in [0.1, 0.15) is 18.3 Å². The number of nitrogens with one attached hydrogen (secondary N) is 1. The van der Waals surface area contributed by atoms with E-state index in [1.807, 2.05) is 44.2 Å². The number of carbonyl (C=O) groups excluding carboxylic acids is 2. The Bertz CT molecular complexity index is 1720. The Morgan fingerprint density at radius 3 is 2.04 bits per heavy atom. The molecule has 46 heavy (non-hydrogen) atoms. The van der Waals surface area contributed by atoms with Gasteiger partial charge in [0.25, 0.3) is 10.0 Å². The number of hydrogen-bond donors (Lipinski definition) is 1. The van der Waals surface area contributed by atoms with Gasteiger partial charge in [0.15, 0.2) is 0 Å². The number of rotatable bonds is 14. The molecule has 0 saturated heterocycles. The summed E-state index contributed by atoms with van der Waals surface area (Å²) in [5, 5.41) is 3.63. The van der Waals surface area contributed by atoms with Crippen LogP contribution in [0.1, 0.15) is 31.4 Å². The van der Waals surface area contributed by atoms with Crippen molar-refractivity contribution in [3.63, 3.8) is 0 Å². The van der Waals surface area contributed by atoms with Crippen molar-refractivity contribution >= 4 is 50.7 Å². The van der Waals surface area contributed by atoms with Crippen LogP contribution in [0.15, 0.2) is 108 Å². The third kappa shape index (κ3) is 8.40. The molecular formula is C35H37Cl2N3O5S. The summed E-state index contributed by atoms with van der Waals surface area (Å²) in [5.74, 6) is -0.767. The number of amides is 2. The van der Waals surface area contributed by atoms with E-state index in [2.05, 4.69) is 5.32 Å². The number of nitrogens with zero attached hydrogens (tertiary/aromatic N) is 2. The molecule has 0 aliphatic heterocycles. The quantitative estimate of drug-likeness (QED) is 0.159. The fourth-order valence-corrected chi connectivity index (χ4v) is 6.88. The van der Waals surface area contributed by atoms with Crippen molar-refractivity contribution in [3.8, 4) is 5.75 Å². The first-order valence-electron chi connectivity index (χ1n) is 14.8. The average molecular weight is 683 g/mol. The van der Waals surface area contributed by atoms with E-state index < -0.39 is 28.5 Å². The first-order valence-corrected chi connectivity index (χ1v) is 17.0. The van der Waals surface area contributed by atoms with Crippen LogP contribution in [0.5, 0.6) is 5.75 Å². The smallest absolute Gasteiger partial charge is 0.264 e. The largest absolute Gasteiger partial charge is 0.495 e. The minimum atomic E-state index is -4.28. The van der Waals surface area contributed by atoms with Gasteiger partial charge < -0.3 is 15.0 Å². The summed E-state index contributed by atoms with van der Waals surface area (Å²) in [7, 11) is -2.85. The Kier molecular flexibility index (Phi) is 12.1. The molecule has 0 saturated carbocycles. The molecule has 0 aliphatic carbocycles. The van der Waals surface area contributed by atoms with Crippen LogP contribution in [-0.4, -0.2) is 50.9 Å². The zero-order chi connectivity index (χ0) is 33.3. The Morgan fingerprint density at radius 2 is 1.43 bits per heavy atom. The van der Waals surface area contributed by atoms with Crippen LogP contribution in [0, 0.1) is 0 Å². The first-order chi connectivity index (χ1) is 22.1. The molecule has 0 aromatic heterocycles. The summed E-state index contributed by atoms with van der Waals surface area (Å²) >= 11 is 13.2. The number of ether oxygens (including phenoxy) is 1. The monoisotopic (exact) mass is 681 g/mol. The summed E-state index contributed by atoms with van der Waals surface area (Å²) in [5.41, 5.74) is 1.42. The average Bonchev–Trinajstić information content (AvgIpc) is 3.06. The van der Waals surface area contributed by atoms with Gasteiger partial charge in [-0.1, -0.05) is 96.9 Å². The highest BCUT2D eigenvalue weighted by Crippen LogP contribution is 2.33. The molecule has 0 radical (unpaired) electrons. The number of para-hydroxylation sites is 2. The summed E-state index contributed by atoms with van der Waals surface area (Å²) in [6.07, 6.45) is 0.835. The van der Waals surface area contributed by atoms with Crippen molar-refractivity contribution in [3.05, 3.63) is 124 Å². The normalized spacial score (nSPS) is 12.5. The van der Waals surface area contributed by atoms with Crippen molar-refractivity contribution < 1.29 is 22.7 Å². The lowest BCUT2D eigenvalue weighted by Crippen LogP contribution is -2.54. The Balaban J connectivity index is 1.86. The molecule has 2 atom stereocenters. The molecule has 242 valence electrons. The van der Waals surface area contributed by atoms with E-state index in [4.69, 9.17) is 27.9 Å². The van der Waals surface area contributed by atoms with Crippen LogP contribution in [0.2, 0.25) is 10.0 Å². The number of hydrogen-bond acceptors (Lipinski definition) is 5. The number of sulfonamides is 1. The molecule has 4 aromatic carbocycles. The molecule has 4 aromatic rings. The molecule has 0 bridgehead atoms. The highest BCUT2D eigenvalue weighted by atomic mass is 35.5. The van der Waals surface area contributed by atoms with E-state index in [0.717, 1.165) is 9.87 Å². The number of benzene rings is 4. The predicted octanol–water partition coefficient (Wildman–Crippen LogP) is 6.75. The lowest BCUT2D eigenvalue weighted by atomic mass is 10.0. The summed E-state index contributed by atoms with van der Waals surface area (Å²) in [6, 6.07) is 27.5. The molecule has 1 N–H and O–H groups in total. The van der Waals surface area contributed by atoms with Crippen molar-refractivity contribution in [1.29, 1.82) is 0 Å². The third-order valence-corrected chi connectivity index (χ3v) is 10.1. The van der Waals surface area contributed by atoms with E-state index in [9.17, 15) is 18.0 Å². The van der Waals surface area contributed by atoms with Crippen LogP contribution in [0.3, 0.4) is 0 Å².